The van der Waals surface area contributed by atoms with Gasteiger partial charge in [-0.25, -0.2) is 4.98 Å². The number of anilines is 2. The van der Waals surface area contributed by atoms with Crippen molar-refractivity contribution in [2.75, 3.05) is 23.8 Å². The number of ether oxygens (including phenoxy) is 2. The Kier molecular flexibility index (Phi) is 7.84. The minimum absolute atomic E-state index is 0.0121. The normalized spacial score (nSPS) is 10.5. The molecule has 2 amide bonds. The van der Waals surface area contributed by atoms with Gasteiger partial charge in [-0.2, -0.15) is 0 Å². The third kappa shape index (κ3) is 6.02. The topological polar surface area (TPSA) is 123 Å². The summed E-state index contributed by atoms with van der Waals surface area (Å²) in [7, 11) is 0. The first-order valence-electron chi connectivity index (χ1n) is 11.2. The predicted molar refractivity (Wildman–Crippen MR) is 136 cm³/mol. The summed E-state index contributed by atoms with van der Waals surface area (Å²) in [6, 6.07) is 17.1. The van der Waals surface area contributed by atoms with E-state index in [2.05, 4.69) is 27.2 Å². The SMILES string of the molecule is C=CC(=O)Nc1cc2c(Oc3ccc(C(=O)Nc4ccccn4)cc3)ccnc2cc1OCCCO. The average molecular weight is 485 g/mol. The molecule has 36 heavy (non-hydrogen) atoms. The largest absolute Gasteiger partial charge is 0.491 e. The molecule has 0 aliphatic rings. The van der Waals surface area contributed by atoms with E-state index in [4.69, 9.17) is 14.6 Å². The van der Waals surface area contributed by atoms with Crippen molar-refractivity contribution in [3.63, 3.8) is 0 Å². The molecule has 0 saturated carbocycles. The summed E-state index contributed by atoms with van der Waals surface area (Å²) < 4.78 is 11.8. The number of fused-ring (bicyclic) bond motifs is 1. The summed E-state index contributed by atoms with van der Waals surface area (Å²) in [5, 5.41) is 15.2. The van der Waals surface area contributed by atoms with E-state index in [1.807, 2.05) is 0 Å². The van der Waals surface area contributed by atoms with Crippen LogP contribution >= 0.6 is 0 Å². The van der Waals surface area contributed by atoms with Gasteiger partial charge in [0.25, 0.3) is 5.91 Å². The summed E-state index contributed by atoms with van der Waals surface area (Å²) in [4.78, 5) is 32.9. The Morgan fingerprint density at radius 2 is 1.81 bits per heavy atom. The molecule has 0 atom stereocenters. The zero-order chi connectivity index (χ0) is 25.3. The average Bonchev–Trinajstić information content (AvgIpc) is 2.90. The third-order valence-electron chi connectivity index (χ3n) is 5.06. The summed E-state index contributed by atoms with van der Waals surface area (Å²) in [5.41, 5.74) is 1.46. The van der Waals surface area contributed by atoms with E-state index in [0.29, 0.717) is 51.6 Å². The van der Waals surface area contributed by atoms with Crippen molar-refractivity contribution in [1.29, 1.82) is 0 Å². The summed E-state index contributed by atoms with van der Waals surface area (Å²) in [5.74, 6) is 1.21. The molecular formula is C27H24N4O5. The van der Waals surface area contributed by atoms with Crippen LogP contribution < -0.4 is 20.1 Å². The predicted octanol–water partition coefficient (Wildman–Crippen LogP) is 4.56. The fourth-order valence-corrected chi connectivity index (χ4v) is 3.31. The lowest BCUT2D eigenvalue weighted by Gasteiger charge is -2.15. The molecule has 9 nitrogen and oxygen atoms in total. The smallest absolute Gasteiger partial charge is 0.256 e. The molecule has 0 bridgehead atoms. The van der Waals surface area contributed by atoms with E-state index in [9.17, 15) is 9.59 Å². The van der Waals surface area contributed by atoms with Crippen LogP contribution in [0.25, 0.3) is 10.9 Å². The number of amides is 2. The van der Waals surface area contributed by atoms with Crippen LogP contribution in [0.5, 0.6) is 17.2 Å². The van der Waals surface area contributed by atoms with Crippen LogP contribution in [0.3, 0.4) is 0 Å². The number of aliphatic hydroxyl groups is 1. The number of carbonyl (C=O) groups excluding carboxylic acids is 2. The minimum atomic E-state index is -0.396. The number of carbonyl (C=O) groups is 2. The standard InChI is InChI=1S/C27H24N4O5/c1-2-26(33)30-22-16-20-21(17-24(22)35-15-5-14-32)28-13-11-23(20)36-19-9-7-18(8-10-19)27(34)31-25-6-3-4-12-29-25/h2-4,6-13,16-17,32H,1,5,14-15H2,(H,30,33)(H,29,31,34). The number of pyridine rings is 2. The molecular weight excluding hydrogens is 460 g/mol. The molecule has 4 rings (SSSR count). The molecule has 0 spiro atoms. The molecule has 2 aromatic heterocycles. The molecule has 2 aromatic carbocycles. The number of nitrogens with zero attached hydrogens (tertiary/aromatic N) is 2. The molecule has 0 aliphatic heterocycles. The maximum atomic E-state index is 12.5. The Morgan fingerprint density at radius 3 is 2.53 bits per heavy atom. The first-order valence-corrected chi connectivity index (χ1v) is 11.2. The van der Waals surface area contributed by atoms with Gasteiger partial charge in [0.2, 0.25) is 5.91 Å². The van der Waals surface area contributed by atoms with Crippen LogP contribution in [0.2, 0.25) is 0 Å². The number of aromatic nitrogens is 2. The number of aliphatic hydroxyl groups excluding tert-OH is 1. The molecule has 3 N–H and O–H groups in total. The van der Waals surface area contributed by atoms with Gasteiger partial charge in [-0.15, -0.1) is 0 Å². The Balaban J connectivity index is 1.57. The van der Waals surface area contributed by atoms with Crippen LogP contribution in [0.15, 0.2) is 85.7 Å². The molecule has 0 aliphatic carbocycles. The van der Waals surface area contributed by atoms with Gasteiger partial charge in [-0.1, -0.05) is 12.6 Å². The number of benzene rings is 2. The minimum Gasteiger partial charge on any atom is -0.491 e. The maximum Gasteiger partial charge on any atom is 0.256 e. The fraction of sp³-hybridized carbons (Fsp3) is 0.111. The third-order valence-corrected chi connectivity index (χ3v) is 5.06. The molecule has 2 heterocycles. The number of nitrogens with one attached hydrogen (secondary N) is 2. The highest BCUT2D eigenvalue weighted by Crippen LogP contribution is 2.36. The monoisotopic (exact) mass is 484 g/mol. The van der Waals surface area contributed by atoms with E-state index in [0.717, 1.165) is 6.08 Å². The van der Waals surface area contributed by atoms with Crippen LogP contribution in [0.1, 0.15) is 16.8 Å². The Labute approximate surface area is 207 Å². The Bertz CT molecular complexity index is 1370. The fourth-order valence-electron chi connectivity index (χ4n) is 3.31. The first kappa shape index (κ1) is 24.4. The van der Waals surface area contributed by atoms with Gasteiger partial charge >= 0.3 is 0 Å². The first-order chi connectivity index (χ1) is 17.6. The van der Waals surface area contributed by atoms with E-state index < -0.39 is 5.91 Å². The molecule has 0 fully saturated rings. The van der Waals surface area contributed by atoms with Crippen LogP contribution in [0.4, 0.5) is 11.5 Å². The van der Waals surface area contributed by atoms with Crippen LogP contribution in [-0.2, 0) is 4.79 Å². The molecule has 0 unspecified atom stereocenters. The van der Waals surface area contributed by atoms with E-state index in [1.54, 1.807) is 73.1 Å². The van der Waals surface area contributed by atoms with E-state index in [1.165, 1.54) is 0 Å². The van der Waals surface area contributed by atoms with Crippen molar-refractivity contribution in [3.8, 4) is 17.2 Å². The lowest BCUT2D eigenvalue weighted by Crippen LogP contribution is -2.12. The molecule has 9 heteroatoms. The lowest BCUT2D eigenvalue weighted by molar-refractivity contribution is -0.111. The highest BCUT2D eigenvalue weighted by Gasteiger charge is 2.14. The highest BCUT2D eigenvalue weighted by molar-refractivity contribution is 6.04. The second kappa shape index (κ2) is 11.6. The Morgan fingerprint density at radius 1 is 0.972 bits per heavy atom. The zero-order valence-corrected chi connectivity index (χ0v) is 19.3. The number of hydrogen-bond acceptors (Lipinski definition) is 7. The molecule has 0 saturated heterocycles. The van der Waals surface area contributed by atoms with Crippen molar-refractivity contribution in [1.82, 2.24) is 9.97 Å². The van der Waals surface area contributed by atoms with Gasteiger partial charge in [0.15, 0.2) is 0 Å². The number of rotatable bonds is 10. The second-order valence-electron chi connectivity index (χ2n) is 7.59. The molecule has 182 valence electrons. The van der Waals surface area contributed by atoms with Gasteiger partial charge in [0.05, 0.1) is 17.8 Å². The van der Waals surface area contributed by atoms with Crippen LogP contribution in [-0.4, -0.2) is 40.1 Å². The highest BCUT2D eigenvalue weighted by atomic mass is 16.5. The van der Waals surface area contributed by atoms with Crippen LogP contribution in [0, 0.1) is 0 Å². The number of hydrogen-bond donors (Lipinski definition) is 3. The van der Waals surface area contributed by atoms with Crippen molar-refractivity contribution >= 4 is 34.2 Å². The van der Waals surface area contributed by atoms with Crippen molar-refractivity contribution in [2.45, 2.75) is 6.42 Å². The van der Waals surface area contributed by atoms with Gasteiger partial charge in [-0.3, -0.25) is 14.6 Å². The van der Waals surface area contributed by atoms with Gasteiger partial charge < -0.3 is 25.2 Å². The lowest BCUT2D eigenvalue weighted by atomic mass is 10.1. The quantitative estimate of drug-likeness (QED) is 0.223. The summed E-state index contributed by atoms with van der Waals surface area (Å²) in [6.45, 7) is 3.75. The van der Waals surface area contributed by atoms with E-state index >= 15 is 0 Å². The maximum absolute atomic E-state index is 12.5. The zero-order valence-electron chi connectivity index (χ0n) is 19.3. The van der Waals surface area contributed by atoms with Gasteiger partial charge in [0.1, 0.15) is 23.1 Å². The summed E-state index contributed by atoms with van der Waals surface area (Å²) >= 11 is 0. The van der Waals surface area contributed by atoms with Crippen molar-refractivity contribution < 1.29 is 24.2 Å². The Hall–Kier alpha value is -4.76. The van der Waals surface area contributed by atoms with Gasteiger partial charge in [0, 0.05) is 42.4 Å². The van der Waals surface area contributed by atoms with Gasteiger partial charge in [-0.05, 0) is 54.6 Å². The van der Waals surface area contributed by atoms with Crippen molar-refractivity contribution in [2.24, 2.45) is 0 Å². The second-order valence-corrected chi connectivity index (χ2v) is 7.59. The molecule has 0 radical (unpaired) electrons. The summed E-state index contributed by atoms with van der Waals surface area (Å²) in [6.07, 6.45) is 4.81. The van der Waals surface area contributed by atoms with Crippen molar-refractivity contribution in [3.05, 3.63) is 91.3 Å². The van der Waals surface area contributed by atoms with E-state index in [-0.39, 0.29) is 19.1 Å². The molecule has 4 aromatic rings.